The van der Waals surface area contributed by atoms with Gasteiger partial charge in [0, 0.05) is 29.5 Å². The molecule has 146 valence electrons. The molecule has 2 heterocycles. The summed E-state index contributed by atoms with van der Waals surface area (Å²) in [5.41, 5.74) is 0.905. The molecule has 0 radical (unpaired) electrons. The average molecular weight is 403 g/mol. The molecular weight excluding hydrogens is 384 g/mol. The van der Waals surface area contributed by atoms with Crippen molar-refractivity contribution < 1.29 is 9.53 Å². The van der Waals surface area contributed by atoms with Gasteiger partial charge in [-0.05, 0) is 31.5 Å². The molecule has 0 aliphatic heterocycles. The molecule has 0 saturated heterocycles. The number of rotatable bonds is 4. The van der Waals surface area contributed by atoms with Gasteiger partial charge in [0.05, 0.1) is 7.11 Å². The Balaban J connectivity index is 2.05. The molecule has 1 N–H and O–H groups in total. The van der Waals surface area contributed by atoms with Crippen LogP contribution in [0, 0.1) is 13.8 Å². The van der Waals surface area contributed by atoms with E-state index in [1.54, 1.807) is 25.1 Å². The van der Waals surface area contributed by atoms with E-state index in [0.29, 0.717) is 22.0 Å². The first-order valence-electron chi connectivity index (χ1n) is 8.43. The number of carbonyl (C=O) groups excluding carboxylic acids is 1. The molecule has 0 fully saturated rings. The number of pyridine rings is 1. The quantitative estimate of drug-likeness (QED) is 0.720. The Labute approximate surface area is 165 Å². The highest BCUT2D eigenvalue weighted by molar-refractivity contribution is 6.31. The molecule has 3 aromatic rings. The van der Waals surface area contributed by atoms with Crippen LogP contribution < -0.4 is 21.3 Å². The Morgan fingerprint density at radius 3 is 2.61 bits per heavy atom. The Hall–Kier alpha value is -3.13. The lowest BCUT2D eigenvalue weighted by Gasteiger charge is -2.13. The van der Waals surface area contributed by atoms with Crippen LogP contribution in [-0.4, -0.2) is 27.1 Å². The van der Waals surface area contributed by atoms with Crippen LogP contribution in [0.2, 0.25) is 5.02 Å². The lowest BCUT2D eigenvalue weighted by atomic mass is 10.2. The number of carbonyl (C=O) groups is 1. The van der Waals surface area contributed by atoms with Crippen molar-refractivity contribution in [1.29, 1.82) is 0 Å². The summed E-state index contributed by atoms with van der Waals surface area (Å²) in [5.74, 6) is -0.205. The van der Waals surface area contributed by atoms with Gasteiger partial charge in [-0.3, -0.25) is 14.2 Å². The monoisotopic (exact) mass is 402 g/mol. The van der Waals surface area contributed by atoms with Gasteiger partial charge in [0.15, 0.2) is 5.65 Å². The summed E-state index contributed by atoms with van der Waals surface area (Å²) in [6, 6.07) is 5.06. The number of anilines is 1. The van der Waals surface area contributed by atoms with Gasteiger partial charge in [0.25, 0.3) is 5.56 Å². The number of aryl methyl sites for hydroxylation is 3. The van der Waals surface area contributed by atoms with E-state index in [1.807, 2.05) is 6.92 Å². The fourth-order valence-corrected chi connectivity index (χ4v) is 3.12. The van der Waals surface area contributed by atoms with Crippen LogP contribution in [0.15, 0.2) is 34.0 Å². The second-order valence-corrected chi connectivity index (χ2v) is 6.83. The molecule has 0 atom stereocenters. The van der Waals surface area contributed by atoms with E-state index < -0.39 is 23.7 Å². The van der Waals surface area contributed by atoms with Gasteiger partial charge in [-0.25, -0.2) is 14.3 Å². The summed E-state index contributed by atoms with van der Waals surface area (Å²) in [7, 11) is 2.92. The molecule has 0 saturated carbocycles. The van der Waals surface area contributed by atoms with E-state index in [0.717, 1.165) is 10.1 Å². The lowest BCUT2D eigenvalue weighted by Crippen LogP contribution is -2.42. The van der Waals surface area contributed by atoms with Gasteiger partial charge in [0.2, 0.25) is 5.91 Å². The van der Waals surface area contributed by atoms with Gasteiger partial charge < -0.3 is 10.1 Å². The van der Waals surface area contributed by atoms with E-state index in [4.69, 9.17) is 16.3 Å². The summed E-state index contributed by atoms with van der Waals surface area (Å²) in [6.07, 6.45) is 1.53. The van der Waals surface area contributed by atoms with Crippen LogP contribution in [0.1, 0.15) is 11.1 Å². The molecule has 1 amide bonds. The zero-order valence-corrected chi connectivity index (χ0v) is 16.6. The maximum Gasteiger partial charge on any atom is 0.332 e. The molecule has 2 aromatic heterocycles. The summed E-state index contributed by atoms with van der Waals surface area (Å²) >= 11 is 6.06. The predicted molar refractivity (Wildman–Crippen MR) is 107 cm³/mol. The highest BCUT2D eigenvalue weighted by Crippen LogP contribution is 2.23. The zero-order valence-electron chi connectivity index (χ0n) is 15.9. The van der Waals surface area contributed by atoms with Crippen molar-refractivity contribution >= 4 is 34.2 Å². The lowest BCUT2D eigenvalue weighted by molar-refractivity contribution is -0.116. The fraction of sp³-hybridized carbons (Fsp3) is 0.263. The first-order valence-corrected chi connectivity index (χ1v) is 8.81. The predicted octanol–water partition coefficient (Wildman–Crippen LogP) is 2.01. The number of benzene rings is 1. The van der Waals surface area contributed by atoms with E-state index >= 15 is 0 Å². The van der Waals surface area contributed by atoms with Crippen molar-refractivity contribution in [3.05, 3.63) is 61.4 Å². The fourth-order valence-electron chi connectivity index (χ4n) is 2.94. The van der Waals surface area contributed by atoms with E-state index in [9.17, 15) is 14.4 Å². The molecule has 0 aliphatic rings. The molecule has 1 aromatic carbocycles. The molecule has 0 unspecified atom stereocenters. The number of methoxy groups -OCH3 is 1. The molecule has 8 nitrogen and oxygen atoms in total. The van der Waals surface area contributed by atoms with Crippen LogP contribution in [0.4, 0.5) is 5.69 Å². The Bertz CT molecular complexity index is 1210. The molecule has 28 heavy (non-hydrogen) atoms. The van der Waals surface area contributed by atoms with Crippen LogP contribution in [0.3, 0.4) is 0 Å². The summed E-state index contributed by atoms with van der Waals surface area (Å²) < 4.78 is 7.41. The summed E-state index contributed by atoms with van der Waals surface area (Å²) in [4.78, 5) is 42.2. The molecule has 0 aliphatic carbocycles. The maximum absolute atomic E-state index is 12.9. The van der Waals surface area contributed by atoms with Crippen molar-refractivity contribution in [2.24, 2.45) is 7.05 Å². The number of hydrogen-bond acceptors (Lipinski definition) is 5. The molecule has 0 bridgehead atoms. The second-order valence-electron chi connectivity index (χ2n) is 6.42. The van der Waals surface area contributed by atoms with Gasteiger partial charge in [0.1, 0.15) is 17.7 Å². The number of amides is 1. The highest BCUT2D eigenvalue weighted by atomic mass is 35.5. The van der Waals surface area contributed by atoms with Gasteiger partial charge in [-0.15, -0.1) is 0 Å². The number of fused-ring (bicyclic) bond motifs is 1. The minimum atomic E-state index is -0.645. The van der Waals surface area contributed by atoms with Crippen LogP contribution in [-0.2, 0) is 18.4 Å². The largest absolute Gasteiger partial charge is 0.495 e. The number of halogens is 1. The maximum atomic E-state index is 12.9. The number of aromatic nitrogens is 3. The first kappa shape index (κ1) is 19.6. The number of ether oxygens (including phenoxy) is 1. The Kier molecular flexibility index (Phi) is 5.24. The molecule has 0 spiro atoms. The molecular formula is C19H19ClN4O4. The third-order valence-electron chi connectivity index (χ3n) is 4.45. The van der Waals surface area contributed by atoms with Crippen molar-refractivity contribution in [2.45, 2.75) is 20.4 Å². The van der Waals surface area contributed by atoms with Gasteiger partial charge in [-0.2, -0.15) is 0 Å². The van der Waals surface area contributed by atoms with Gasteiger partial charge in [-0.1, -0.05) is 17.7 Å². The number of nitrogens with one attached hydrogen (secondary N) is 1. The van der Waals surface area contributed by atoms with E-state index in [1.165, 1.54) is 24.9 Å². The van der Waals surface area contributed by atoms with Crippen LogP contribution >= 0.6 is 11.6 Å². The minimum absolute atomic E-state index is 0.149. The second kappa shape index (κ2) is 7.47. The zero-order chi connectivity index (χ0) is 20.6. The van der Waals surface area contributed by atoms with E-state index in [2.05, 4.69) is 10.3 Å². The van der Waals surface area contributed by atoms with E-state index in [-0.39, 0.29) is 11.0 Å². The molecule has 9 heteroatoms. The summed E-state index contributed by atoms with van der Waals surface area (Å²) in [5, 5.41) is 3.29. The third-order valence-corrected chi connectivity index (χ3v) is 4.85. The normalized spacial score (nSPS) is 10.9. The molecule has 3 rings (SSSR count). The summed E-state index contributed by atoms with van der Waals surface area (Å²) in [6.45, 7) is 3.13. The van der Waals surface area contributed by atoms with Crippen molar-refractivity contribution in [1.82, 2.24) is 14.1 Å². The van der Waals surface area contributed by atoms with Crippen LogP contribution in [0.25, 0.3) is 11.0 Å². The Morgan fingerprint density at radius 2 is 1.96 bits per heavy atom. The SMILES string of the molecule is COc1c(C)cnc2c1c(=O)n(CC(=O)Nc1ccc(C)c(Cl)c1)c(=O)n2C. The highest BCUT2D eigenvalue weighted by Gasteiger charge is 2.19. The smallest absolute Gasteiger partial charge is 0.332 e. The number of hydrogen-bond donors (Lipinski definition) is 1. The van der Waals surface area contributed by atoms with Gasteiger partial charge >= 0.3 is 5.69 Å². The first-order chi connectivity index (χ1) is 13.2. The minimum Gasteiger partial charge on any atom is -0.495 e. The standard InChI is InChI=1S/C19H19ClN4O4/c1-10-5-6-12(7-13(10)20)22-14(25)9-24-18(26)15-16(28-4)11(2)8-21-17(15)23(3)19(24)27/h5-8H,9H2,1-4H3,(H,22,25). The van der Waals surface area contributed by atoms with Crippen molar-refractivity contribution in [3.8, 4) is 5.75 Å². The topological polar surface area (TPSA) is 95.2 Å². The van der Waals surface area contributed by atoms with Crippen LogP contribution in [0.5, 0.6) is 5.75 Å². The Morgan fingerprint density at radius 1 is 1.25 bits per heavy atom. The number of nitrogens with zero attached hydrogens (tertiary/aromatic N) is 3. The third kappa shape index (κ3) is 3.38. The average Bonchev–Trinajstić information content (AvgIpc) is 2.66. The van der Waals surface area contributed by atoms with Crippen molar-refractivity contribution in [2.75, 3.05) is 12.4 Å². The van der Waals surface area contributed by atoms with Crippen molar-refractivity contribution in [3.63, 3.8) is 0 Å².